The van der Waals surface area contributed by atoms with E-state index in [0.717, 1.165) is 68.6 Å². The van der Waals surface area contributed by atoms with Crippen molar-refractivity contribution in [2.75, 3.05) is 45.9 Å². The zero-order valence-corrected chi connectivity index (χ0v) is 22.1. The molecule has 0 spiro atoms. The molecule has 2 aliphatic rings. The van der Waals surface area contributed by atoms with Crippen LogP contribution in [0.1, 0.15) is 64.2 Å². The van der Waals surface area contributed by atoms with Crippen molar-refractivity contribution in [3.8, 4) is 5.75 Å². The lowest BCUT2D eigenvalue weighted by Crippen LogP contribution is -2.47. The Bertz CT molecular complexity index is 1030. The van der Waals surface area contributed by atoms with Gasteiger partial charge in [0.25, 0.3) is 0 Å². The number of pyridine rings is 1. The highest BCUT2D eigenvalue weighted by molar-refractivity contribution is 5.79. The Morgan fingerprint density at radius 1 is 1.05 bits per heavy atom. The first-order valence-corrected chi connectivity index (χ1v) is 14.3. The van der Waals surface area contributed by atoms with Crippen LogP contribution in [0.25, 0.3) is 10.9 Å². The van der Waals surface area contributed by atoms with Crippen LogP contribution in [0, 0.1) is 5.92 Å². The molecule has 2 aromatic rings. The molecule has 37 heavy (non-hydrogen) atoms. The van der Waals surface area contributed by atoms with Crippen LogP contribution in [0.3, 0.4) is 0 Å². The molecule has 1 aliphatic heterocycles. The van der Waals surface area contributed by atoms with E-state index in [1.165, 1.54) is 51.0 Å². The number of aliphatic hydroxyl groups excluding tert-OH is 1. The van der Waals surface area contributed by atoms with Crippen LogP contribution in [-0.2, 0) is 0 Å². The number of carbonyl (C=O) groups excluding carboxylic acids is 1. The summed E-state index contributed by atoms with van der Waals surface area (Å²) in [6.45, 7) is 5.31. The van der Waals surface area contributed by atoms with Crippen molar-refractivity contribution in [3.05, 3.63) is 40.7 Å². The number of carbonyl (C=O) groups is 1. The Morgan fingerprint density at radius 3 is 2.59 bits per heavy atom. The van der Waals surface area contributed by atoms with E-state index in [1.807, 2.05) is 23.1 Å². The maximum absolute atomic E-state index is 13.2. The number of hydrogen-bond acceptors (Lipinski definition) is 5. The van der Waals surface area contributed by atoms with Crippen LogP contribution in [-0.4, -0.2) is 77.9 Å². The smallest absolute Gasteiger partial charge is 0.317 e. The van der Waals surface area contributed by atoms with Crippen molar-refractivity contribution in [3.63, 3.8) is 0 Å². The van der Waals surface area contributed by atoms with Crippen molar-refractivity contribution in [1.82, 2.24) is 20.1 Å². The van der Waals surface area contributed by atoms with Gasteiger partial charge in [0.2, 0.25) is 5.56 Å². The lowest BCUT2D eigenvalue weighted by molar-refractivity contribution is 0.0770. The molecule has 4 rings (SSSR count). The summed E-state index contributed by atoms with van der Waals surface area (Å²) in [5, 5.41) is 13.9. The minimum absolute atomic E-state index is 0.0220. The first-order chi connectivity index (χ1) is 18.1. The van der Waals surface area contributed by atoms with Gasteiger partial charge in [-0.3, -0.25) is 4.79 Å². The molecular formula is C29H44N4O4. The third-order valence-electron chi connectivity index (χ3n) is 7.80. The Kier molecular flexibility index (Phi) is 10.7. The maximum Gasteiger partial charge on any atom is 0.317 e. The normalized spacial score (nSPS) is 18.3. The second-order valence-corrected chi connectivity index (χ2v) is 10.7. The summed E-state index contributed by atoms with van der Waals surface area (Å²) in [5.41, 5.74) is 0.674. The first kappa shape index (κ1) is 27.5. The van der Waals surface area contributed by atoms with Crippen LogP contribution in [0.2, 0.25) is 0 Å². The van der Waals surface area contributed by atoms with Gasteiger partial charge in [0, 0.05) is 56.2 Å². The summed E-state index contributed by atoms with van der Waals surface area (Å²) < 4.78 is 5.89. The monoisotopic (exact) mass is 512 g/mol. The molecular weight excluding hydrogens is 468 g/mol. The number of aromatic amines is 1. The summed E-state index contributed by atoms with van der Waals surface area (Å²) in [7, 11) is 0. The predicted molar refractivity (Wildman–Crippen MR) is 147 cm³/mol. The number of aliphatic hydroxyl groups is 1. The van der Waals surface area contributed by atoms with E-state index in [2.05, 4.69) is 15.2 Å². The van der Waals surface area contributed by atoms with Gasteiger partial charge in [-0.05, 0) is 62.3 Å². The first-order valence-electron chi connectivity index (χ1n) is 14.3. The van der Waals surface area contributed by atoms with Gasteiger partial charge in [0.1, 0.15) is 5.75 Å². The zero-order valence-electron chi connectivity index (χ0n) is 22.1. The summed E-state index contributed by atoms with van der Waals surface area (Å²) in [5.74, 6) is 1.34. The molecule has 2 amide bonds. The van der Waals surface area contributed by atoms with Gasteiger partial charge in [-0.2, -0.15) is 0 Å². The molecule has 0 atom stereocenters. The van der Waals surface area contributed by atoms with Gasteiger partial charge in [-0.25, -0.2) is 4.79 Å². The predicted octanol–water partition coefficient (Wildman–Crippen LogP) is 4.13. The molecule has 3 N–H and O–H groups in total. The van der Waals surface area contributed by atoms with Gasteiger partial charge >= 0.3 is 6.03 Å². The van der Waals surface area contributed by atoms with Gasteiger partial charge in [0.15, 0.2) is 0 Å². The number of benzene rings is 1. The van der Waals surface area contributed by atoms with E-state index < -0.39 is 0 Å². The van der Waals surface area contributed by atoms with Crippen molar-refractivity contribution in [1.29, 1.82) is 0 Å². The largest absolute Gasteiger partial charge is 0.494 e. The number of likely N-dealkylation sites (tertiary alicyclic amines) is 1. The molecule has 0 bridgehead atoms. The number of H-pyrrole nitrogens is 1. The fraction of sp³-hybridized carbons (Fsp3) is 0.655. The maximum atomic E-state index is 13.2. The van der Waals surface area contributed by atoms with Gasteiger partial charge < -0.3 is 29.9 Å². The quantitative estimate of drug-likeness (QED) is 0.416. The molecule has 204 valence electrons. The second kappa shape index (κ2) is 14.4. The third-order valence-corrected chi connectivity index (χ3v) is 7.80. The number of rotatable bonds is 10. The molecule has 8 heteroatoms. The number of amides is 2. The Morgan fingerprint density at radius 2 is 1.81 bits per heavy atom. The van der Waals surface area contributed by atoms with Gasteiger partial charge in [-0.15, -0.1) is 0 Å². The minimum Gasteiger partial charge on any atom is -0.494 e. The van der Waals surface area contributed by atoms with Crippen LogP contribution in [0.4, 0.5) is 4.79 Å². The molecule has 1 aromatic heterocycles. The van der Waals surface area contributed by atoms with E-state index >= 15 is 0 Å². The average molecular weight is 513 g/mol. The van der Waals surface area contributed by atoms with Crippen LogP contribution < -0.4 is 15.6 Å². The summed E-state index contributed by atoms with van der Waals surface area (Å²) in [4.78, 5) is 31.9. The number of nitrogens with one attached hydrogen (secondary N) is 2. The molecule has 1 aromatic carbocycles. The number of hydrogen-bond donors (Lipinski definition) is 3. The second-order valence-electron chi connectivity index (χ2n) is 10.7. The van der Waals surface area contributed by atoms with Crippen LogP contribution >= 0.6 is 0 Å². The standard InChI is InChI=1S/C29H44N4O4/c34-25-13-16-32(17-14-25)18-19-33(22-23-7-4-2-1-3-5-8-23)29(36)30-15-6-20-37-26-10-11-27-24(21-26)9-12-28(35)31-27/h9-12,21,23,25,34H,1-8,13-20,22H2,(H,30,36)(H,31,35). The number of aromatic nitrogens is 1. The van der Waals surface area contributed by atoms with Crippen molar-refractivity contribution in [2.24, 2.45) is 5.92 Å². The van der Waals surface area contributed by atoms with Crippen molar-refractivity contribution >= 4 is 16.9 Å². The fourth-order valence-corrected chi connectivity index (χ4v) is 5.51. The minimum atomic E-state index is -0.175. The number of piperidine rings is 1. The topological polar surface area (TPSA) is 97.9 Å². The molecule has 1 saturated carbocycles. The Labute approximate surface area is 220 Å². The molecule has 1 saturated heterocycles. The molecule has 1 aliphatic carbocycles. The van der Waals surface area contributed by atoms with E-state index in [-0.39, 0.29) is 17.7 Å². The molecule has 2 heterocycles. The zero-order chi connectivity index (χ0) is 25.9. The Balaban J connectivity index is 1.23. The Hall–Kier alpha value is -2.58. The lowest BCUT2D eigenvalue weighted by atomic mass is 9.91. The molecule has 2 fully saturated rings. The number of fused-ring (bicyclic) bond motifs is 1. The average Bonchev–Trinajstić information content (AvgIpc) is 2.88. The summed E-state index contributed by atoms with van der Waals surface area (Å²) >= 11 is 0. The van der Waals surface area contributed by atoms with Crippen molar-refractivity contribution < 1.29 is 14.6 Å². The fourth-order valence-electron chi connectivity index (χ4n) is 5.51. The van der Waals surface area contributed by atoms with E-state index in [1.54, 1.807) is 6.07 Å². The highest BCUT2D eigenvalue weighted by Gasteiger charge is 2.22. The van der Waals surface area contributed by atoms with E-state index in [4.69, 9.17) is 4.74 Å². The van der Waals surface area contributed by atoms with Crippen molar-refractivity contribution in [2.45, 2.75) is 70.3 Å². The molecule has 0 unspecified atom stereocenters. The number of urea groups is 1. The molecule has 8 nitrogen and oxygen atoms in total. The third kappa shape index (κ3) is 9.04. The van der Waals surface area contributed by atoms with E-state index in [9.17, 15) is 14.7 Å². The van der Waals surface area contributed by atoms with Gasteiger partial charge in [-0.1, -0.05) is 32.1 Å². The highest BCUT2D eigenvalue weighted by atomic mass is 16.5. The lowest BCUT2D eigenvalue weighted by Gasteiger charge is -2.33. The summed E-state index contributed by atoms with van der Waals surface area (Å²) in [6.07, 6.45) is 11.1. The number of ether oxygens (including phenoxy) is 1. The summed E-state index contributed by atoms with van der Waals surface area (Å²) in [6, 6.07) is 8.95. The number of nitrogens with zero attached hydrogens (tertiary/aromatic N) is 2. The van der Waals surface area contributed by atoms with Crippen LogP contribution in [0.15, 0.2) is 35.1 Å². The van der Waals surface area contributed by atoms with E-state index in [0.29, 0.717) is 19.1 Å². The highest BCUT2D eigenvalue weighted by Crippen LogP contribution is 2.23. The molecule has 0 radical (unpaired) electrons. The van der Waals surface area contributed by atoms with Crippen LogP contribution in [0.5, 0.6) is 5.75 Å². The van der Waals surface area contributed by atoms with Gasteiger partial charge in [0.05, 0.1) is 12.7 Å². The SMILES string of the molecule is O=C(NCCCOc1ccc2[nH]c(=O)ccc2c1)N(CCN1CCC(O)CC1)CC1CCCCCCC1.